The second-order valence-corrected chi connectivity index (χ2v) is 5.79. The third-order valence-electron chi connectivity index (χ3n) is 3.75. The zero-order valence-electron chi connectivity index (χ0n) is 12.1. The van der Waals surface area contributed by atoms with E-state index >= 15 is 0 Å². The molecule has 2 aromatic rings. The van der Waals surface area contributed by atoms with Crippen LogP contribution in [0.2, 0.25) is 5.02 Å². The van der Waals surface area contributed by atoms with Gasteiger partial charge in [0.25, 0.3) is 0 Å². The molecule has 0 aliphatic carbocycles. The lowest BCUT2D eigenvalue weighted by Crippen LogP contribution is -2.28. The highest BCUT2D eigenvalue weighted by Crippen LogP contribution is 2.26. The first-order valence-electron chi connectivity index (χ1n) is 7.16. The van der Waals surface area contributed by atoms with Gasteiger partial charge in [-0.15, -0.1) is 0 Å². The molecule has 4 nitrogen and oxygen atoms in total. The molecule has 2 amide bonds. The van der Waals surface area contributed by atoms with E-state index in [1.165, 1.54) is 12.1 Å². The van der Waals surface area contributed by atoms with Crippen molar-refractivity contribution in [1.82, 2.24) is 0 Å². The zero-order valence-corrected chi connectivity index (χ0v) is 12.9. The number of halogens is 2. The number of hydrogen-bond donors (Lipinski definition) is 1. The van der Waals surface area contributed by atoms with Crippen molar-refractivity contribution in [3.05, 3.63) is 59.4 Å². The molecular formula is C17H14ClFN2O2. The van der Waals surface area contributed by atoms with E-state index in [1.54, 1.807) is 4.90 Å². The molecule has 0 radical (unpaired) electrons. The van der Waals surface area contributed by atoms with Gasteiger partial charge in [-0.3, -0.25) is 9.59 Å². The first kappa shape index (κ1) is 15.5. The van der Waals surface area contributed by atoms with Crippen molar-refractivity contribution < 1.29 is 14.0 Å². The van der Waals surface area contributed by atoms with E-state index < -0.39 is 11.7 Å². The Morgan fingerprint density at radius 1 is 1.22 bits per heavy atom. The van der Waals surface area contributed by atoms with E-state index in [2.05, 4.69) is 5.32 Å². The number of benzene rings is 2. The first-order valence-corrected chi connectivity index (χ1v) is 7.54. The minimum Gasteiger partial charge on any atom is -0.323 e. The van der Waals surface area contributed by atoms with Crippen molar-refractivity contribution in [3.8, 4) is 0 Å². The van der Waals surface area contributed by atoms with Crippen LogP contribution in [0, 0.1) is 11.7 Å². The Morgan fingerprint density at radius 2 is 1.96 bits per heavy atom. The molecule has 0 aromatic heterocycles. The maximum Gasteiger partial charge on any atom is 0.229 e. The van der Waals surface area contributed by atoms with Crippen LogP contribution < -0.4 is 10.2 Å². The molecule has 1 saturated heterocycles. The number of carbonyl (C=O) groups is 2. The maximum absolute atomic E-state index is 13.7. The van der Waals surface area contributed by atoms with Crippen LogP contribution >= 0.6 is 11.6 Å². The molecule has 1 N–H and O–H groups in total. The van der Waals surface area contributed by atoms with Crippen molar-refractivity contribution in [2.45, 2.75) is 6.42 Å². The van der Waals surface area contributed by atoms with Crippen LogP contribution in [0.3, 0.4) is 0 Å². The Kier molecular flexibility index (Phi) is 4.30. The van der Waals surface area contributed by atoms with Crippen molar-refractivity contribution in [1.29, 1.82) is 0 Å². The summed E-state index contributed by atoms with van der Waals surface area (Å²) in [6.07, 6.45) is 0.107. The molecule has 0 bridgehead atoms. The summed E-state index contributed by atoms with van der Waals surface area (Å²) in [5.41, 5.74) is 0.815. The van der Waals surface area contributed by atoms with Gasteiger partial charge in [-0.25, -0.2) is 4.39 Å². The second kappa shape index (κ2) is 6.38. The highest BCUT2D eigenvalue weighted by Gasteiger charge is 2.35. The highest BCUT2D eigenvalue weighted by atomic mass is 35.5. The molecule has 0 spiro atoms. The molecule has 1 fully saturated rings. The predicted octanol–water partition coefficient (Wildman–Crippen LogP) is 3.47. The van der Waals surface area contributed by atoms with Gasteiger partial charge in [0.1, 0.15) is 5.82 Å². The van der Waals surface area contributed by atoms with Crippen LogP contribution in [0.4, 0.5) is 15.8 Å². The predicted molar refractivity (Wildman–Crippen MR) is 86.9 cm³/mol. The standard InChI is InChI=1S/C17H14ClFN2O2/c18-12-6-7-15(14(19)9-12)20-17(23)11-8-16(22)21(10-11)13-4-2-1-3-5-13/h1-7,9,11H,8,10H2,(H,20,23). The van der Waals surface area contributed by atoms with Crippen LogP contribution in [0.5, 0.6) is 0 Å². The number of rotatable bonds is 3. The fraction of sp³-hybridized carbons (Fsp3) is 0.176. The lowest BCUT2D eigenvalue weighted by atomic mass is 10.1. The third kappa shape index (κ3) is 3.35. The minimum absolute atomic E-state index is 0.0602. The molecular weight excluding hydrogens is 319 g/mol. The van der Waals surface area contributed by atoms with Gasteiger partial charge in [0, 0.05) is 23.7 Å². The lowest BCUT2D eigenvalue weighted by Gasteiger charge is -2.16. The monoisotopic (exact) mass is 332 g/mol. The molecule has 1 heterocycles. The molecule has 1 aliphatic rings. The summed E-state index contributed by atoms with van der Waals surface area (Å²) in [6.45, 7) is 0.282. The minimum atomic E-state index is -0.602. The SMILES string of the molecule is O=C(Nc1ccc(Cl)cc1F)C1CC(=O)N(c2ccccc2)C1. The van der Waals surface area contributed by atoms with Crippen molar-refractivity contribution in [2.24, 2.45) is 5.92 Å². The quantitative estimate of drug-likeness (QED) is 0.935. The Labute approximate surface area is 137 Å². The van der Waals surface area contributed by atoms with Crippen molar-refractivity contribution in [2.75, 3.05) is 16.8 Å². The Balaban J connectivity index is 1.71. The summed E-state index contributed by atoms with van der Waals surface area (Å²) in [5.74, 6) is -1.61. The summed E-state index contributed by atoms with van der Waals surface area (Å²) >= 11 is 5.68. The average molecular weight is 333 g/mol. The lowest BCUT2D eigenvalue weighted by molar-refractivity contribution is -0.122. The van der Waals surface area contributed by atoms with Crippen LogP contribution in [-0.2, 0) is 9.59 Å². The largest absolute Gasteiger partial charge is 0.323 e. The number of hydrogen-bond acceptors (Lipinski definition) is 2. The number of amides is 2. The first-order chi connectivity index (χ1) is 11.0. The number of para-hydroxylation sites is 1. The number of anilines is 2. The van der Waals surface area contributed by atoms with Crippen LogP contribution in [0.25, 0.3) is 0 Å². The molecule has 6 heteroatoms. The van der Waals surface area contributed by atoms with Gasteiger partial charge in [-0.1, -0.05) is 29.8 Å². The molecule has 2 aromatic carbocycles. The second-order valence-electron chi connectivity index (χ2n) is 5.35. The van der Waals surface area contributed by atoms with E-state index in [9.17, 15) is 14.0 Å². The van der Waals surface area contributed by atoms with Gasteiger partial charge < -0.3 is 10.2 Å². The topological polar surface area (TPSA) is 49.4 Å². The van der Waals surface area contributed by atoms with E-state index in [1.807, 2.05) is 30.3 Å². The van der Waals surface area contributed by atoms with E-state index in [0.29, 0.717) is 0 Å². The van der Waals surface area contributed by atoms with Gasteiger partial charge in [-0.2, -0.15) is 0 Å². The molecule has 0 saturated carbocycles. The summed E-state index contributed by atoms with van der Waals surface area (Å²) < 4.78 is 13.7. The van der Waals surface area contributed by atoms with Gasteiger partial charge in [0.15, 0.2) is 0 Å². The van der Waals surface area contributed by atoms with E-state index in [4.69, 9.17) is 11.6 Å². The Bertz CT molecular complexity index is 752. The summed E-state index contributed by atoms with van der Waals surface area (Å²) in [4.78, 5) is 26.0. The van der Waals surface area contributed by atoms with Crippen LogP contribution in [-0.4, -0.2) is 18.4 Å². The Hall–Kier alpha value is -2.40. The third-order valence-corrected chi connectivity index (χ3v) is 3.99. The van der Waals surface area contributed by atoms with Gasteiger partial charge in [0.05, 0.1) is 11.6 Å². The zero-order chi connectivity index (χ0) is 16.4. The smallest absolute Gasteiger partial charge is 0.229 e. The summed E-state index contributed by atoms with van der Waals surface area (Å²) in [7, 11) is 0. The summed E-state index contributed by atoms with van der Waals surface area (Å²) in [6, 6.07) is 13.2. The van der Waals surface area contributed by atoms with Crippen molar-refractivity contribution in [3.63, 3.8) is 0 Å². The molecule has 1 atom stereocenters. The normalized spacial score (nSPS) is 17.4. The molecule has 3 rings (SSSR count). The van der Waals surface area contributed by atoms with Crippen molar-refractivity contribution >= 4 is 34.8 Å². The van der Waals surface area contributed by atoms with Gasteiger partial charge in [0.2, 0.25) is 11.8 Å². The number of nitrogens with one attached hydrogen (secondary N) is 1. The molecule has 1 unspecified atom stereocenters. The maximum atomic E-state index is 13.7. The highest BCUT2D eigenvalue weighted by molar-refractivity contribution is 6.30. The fourth-order valence-electron chi connectivity index (χ4n) is 2.57. The number of nitrogens with zero attached hydrogens (tertiary/aromatic N) is 1. The van der Waals surface area contributed by atoms with E-state index in [0.717, 1.165) is 11.8 Å². The number of carbonyl (C=O) groups excluding carboxylic acids is 2. The van der Waals surface area contributed by atoms with Crippen LogP contribution in [0.15, 0.2) is 48.5 Å². The van der Waals surface area contributed by atoms with E-state index in [-0.39, 0.29) is 35.5 Å². The van der Waals surface area contributed by atoms with Gasteiger partial charge >= 0.3 is 0 Å². The molecule has 1 aliphatic heterocycles. The molecule has 118 valence electrons. The summed E-state index contributed by atoms with van der Waals surface area (Å²) in [5, 5.41) is 2.78. The Morgan fingerprint density at radius 3 is 2.65 bits per heavy atom. The average Bonchev–Trinajstić information content (AvgIpc) is 2.93. The molecule has 23 heavy (non-hydrogen) atoms. The van der Waals surface area contributed by atoms with Gasteiger partial charge in [-0.05, 0) is 30.3 Å². The fourth-order valence-corrected chi connectivity index (χ4v) is 2.73. The van der Waals surface area contributed by atoms with Crippen LogP contribution in [0.1, 0.15) is 6.42 Å².